The van der Waals surface area contributed by atoms with E-state index in [1.807, 2.05) is 11.7 Å². The van der Waals surface area contributed by atoms with Crippen molar-refractivity contribution in [2.24, 2.45) is 0 Å². The van der Waals surface area contributed by atoms with Gasteiger partial charge in [-0.2, -0.15) is 0 Å². The fraction of sp³-hybridized carbons (Fsp3) is 0.364. The van der Waals surface area contributed by atoms with Crippen molar-refractivity contribution in [3.05, 3.63) is 37.4 Å². The van der Waals surface area contributed by atoms with Gasteiger partial charge in [0.1, 0.15) is 0 Å². The van der Waals surface area contributed by atoms with Crippen molar-refractivity contribution in [1.29, 1.82) is 0 Å². The summed E-state index contributed by atoms with van der Waals surface area (Å²) < 4.78 is 1.20. The third-order valence-corrected chi connectivity index (χ3v) is 4.81. The van der Waals surface area contributed by atoms with E-state index < -0.39 is 0 Å². The average molecular weight is 317 g/mol. The summed E-state index contributed by atoms with van der Waals surface area (Å²) in [5, 5.41) is 3.50. The summed E-state index contributed by atoms with van der Waals surface area (Å²) in [6, 6.07) is 4.68. The zero-order valence-corrected chi connectivity index (χ0v) is 12.2. The third-order valence-electron chi connectivity index (χ3n) is 2.28. The van der Waals surface area contributed by atoms with E-state index in [4.69, 9.17) is 0 Å². The summed E-state index contributed by atoms with van der Waals surface area (Å²) >= 11 is 7.01. The van der Waals surface area contributed by atoms with E-state index in [-0.39, 0.29) is 0 Å². The molecular weight excluding hydrogens is 304 g/mol. The van der Waals surface area contributed by atoms with Crippen LogP contribution in [0.25, 0.3) is 0 Å². The quantitative estimate of drug-likeness (QED) is 0.906. The molecule has 5 heteroatoms. The Labute approximate surface area is 112 Å². The Morgan fingerprint density at radius 3 is 2.94 bits per heavy atom. The van der Waals surface area contributed by atoms with Gasteiger partial charge >= 0.3 is 0 Å². The summed E-state index contributed by atoms with van der Waals surface area (Å²) in [6.45, 7) is 3.12. The third kappa shape index (κ3) is 3.13. The number of likely N-dealkylation sites (N-methyl/N-ethyl adjacent to an activating group) is 1. The maximum atomic E-state index is 4.14. The van der Waals surface area contributed by atoms with Crippen LogP contribution < -0.4 is 5.32 Å². The van der Waals surface area contributed by atoms with E-state index in [9.17, 15) is 0 Å². The topological polar surface area (TPSA) is 24.9 Å². The van der Waals surface area contributed by atoms with Crippen molar-refractivity contribution in [3.63, 3.8) is 0 Å². The predicted octanol–water partition coefficient (Wildman–Crippen LogP) is 3.86. The minimum atomic E-state index is 0.392. The van der Waals surface area contributed by atoms with Crippen LogP contribution in [0.5, 0.6) is 0 Å². The summed E-state index contributed by atoms with van der Waals surface area (Å²) in [4.78, 5) is 6.85. The normalized spacial score (nSPS) is 12.9. The minimum absolute atomic E-state index is 0.392. The van der Waals surface area contributed by atoms with E-state index in [0.717, 1.165) is 13.0 Å². The van der Waals surface area contributed by atoms with Crippen LogP contribution in [-0.4, -0.2) is 11.5 Å². The molecule has 1 N–H and O–H groups in total. The van der Waals surface area contributed by atoms with Crippen LogP contribution in [-0.2, 0) is 6.42 Å². The first-order valence-electron chi connectivity index (χ1n) is 5.15. The summed E-state index contributed by atoms with van der Waals surface area (Å²) in [5.74, 6) is 0. The number of halogens is 1. The van der Waals surface area contributed by atoms with Crippen molar-refractivity contribution in [3.8, 4) is 0 Å². The number of rotatable bonds is 5. The van der Waals surface area contributed by atoms with Gasteiger partial charge in [0.05, 0.1) is 9.30 Å². The van der Waals surface area contributed by atoms with Gasteiger partial charge in [-0.1, -0.05) is 6.92 Å². The second-order valence-corrected chi connectivity index (χ2v) is 6.89. The molecule has 2 rings (SSSR count). The highest BCUT2D eigenvalue weighted by atomic mass is 79.9. The smallest absolute Gasteiger partial charge is 0.0794 e. The molecule has 0 bridgehead atoms. The highest BCUT2D eigenvalue weighted by Crippen LogP contribution is 2.28. The van der Waals surface area contributed by atoms with Gasteiger partial charge in [0.15, 0.2) is 0 Å². The molecule has 0 saturated carbocycles. The van der Waals surface area contributed by atoms with Gasteiger partial charge in [0.25, 0.3) is 0 Å². The van der Waals surface area contributed by atoms with Gasteiger partial charge in [-0.25, -0.2) is 0 Å². The van der Waals surface area contributed by atoms with Crippen molar-refractivity contribution < 1.29 is 0 Å². The van der Waals surface area contributed by atoms with Crippen LogP contribution in [0.15, 0.2) is 27.6 Å². The van der Waals surface area contributed by atoms with Gasteiger partial charge in [-0.15, -0.1) is 22.7 Å². The molecule has 0 amide bonds. The van der Waals surface area contributed by atoms with E-state index >= 15 is 0 Å². The zero-order chi connectivity index (χ0) is 11.4. The zero-order valence-electron chi connectivity index (χ0n) is 8.94. The first-order valence-corrected chi connectivity index (χ1v) is 7.64. The molecule has 0 aliphatic heterocycles. The average Bonchev–Trinajstić information content (AvgIpc) is 2.88. The van der Waals surface area contributed by atoms with Crippen LogP contribution in [0.2, 0.25) is 0 Å². The van der Waals surface area contributed by atoms with E-state index in [0.29, 0.717) is 6.04 Å². The highest BCUT2D eigenvalue weighted by molar-refractivity contribution is 9.11. The van der Waals surface area contributed by atoms with E-state index in [2.05, 4.69) is 45.3 Å². The molecule has 1 atom stereocenters. The Morgan fingerprint density at radius 2 is 2.38 bits per heavy atom. The molecule has 0 radical (unpaired) electrons. The Bertz CT molecular complexity index is 425. The van der Waals surface area contributed by atoms with Gasteiger partial charge < -0.3 is 5.32 Å². The molecule has 0 fully saturated rings. The number of nitrogens with zero attached hydrogens (tertiary/aromatic N) is 1. The largest absolute Gasteiger partial charge is 0.309 e. The minimum Gasteiger partial charge on any atom is -0.309 e. The van der Waals surface area contributed by atoms with Gasteiger partial charge in [0.2, 0.25) is 0 Å². The number of hydrogen-bond donors (Lipinski definition) is 1. The molecule has 2 nitrogen and oxygen atoms in total. The second kappa shape index (κ2) is 5.91. The molecule has 2 aromatic heterocycles. The first-order chi connectivity index (χ1) is 7.79. The van der Waals surface area contributed by atoms with Crippen molar-refractivity contribution in [1.82, 2.24) is 10.3 Å². The maximum absolute atomic E-state index is 4.14. The molecule has 2 heterocycles. The Balaban J connectivity index is 2.09. The Hall–Kier alpha value is -0.230. The van der Waals surface area contributed by atoms with E-state index in [1.54, 1.807) is 22.7 Å². The van der Waals surface area contributed by atoms with Crippen molar-refractivity contribution in [2.45, 2.75) is 19.4 Å². The predicted molar refractivity (Wildman–Crippen MR) is 74.3 cm³/mol. The van der Waals surface area contributed by atoms with Crippen molar-refractivity contribution in [2.75, 3.05) is 6.54 Å². The lowest BCUT2D eigenvalue weighted by atomic mass is 10.1. The number of hydrogen-bond acceptors (Lipinski definition) is 4. The van der Waals surface area contributed by atoms with Gasteiger partial charge in [-0.05, 0) is 34.6 Å². The van der Waals surface area contributed by atoms with Crippen LogP contribution >= 0.6 is 38.6 Å². The van der Waals surface area contributed by atoms with Crippen LogP contribution in [0.4, 0.5) is 0 Å². The van der Waals surface area contributed by atoms with Gasteiger partial charge in [-0.3, -0.25) is 4.98 Å². The molecule has 0 aliphatic carbocycles. The fourth-order valence-corrected chi connectivity index (χ4v) is 3.80. The summed E-state index contributed by atoms with van der Waals surface area (Å²) in [7, 11) is 0. The molecule has 0 spiro atoms. The SMILES string of the molecule is CCNC(Cc1ccc(Br)s1)c1cncs1. The lowest BCUT2D eigenvalue weighted by Gasteiger charge is -2.14. The first kappa shape index (κ1) is 12.2. The second-order valence-electron chi connectivity index (χ2n) is 3.42. The monoisotopic (exact) mass is 316 g/mol. The van der Waals surface area contributed by atoms with Crippen LogP contribution in [0.3, 0.4) is 0 Å². The standard InChI is InChI=1S/C11H13BrN2S2/c1-2-14-9(10-6-13-7-15-10)5-8-3-4-11(12)16-8/h3-4,6-7,9,14H,2,5H2,1H3. The van der Waals surface area contributed by atoms with E-state index in [1.165, 1.54) is 13.5 Å². The molecule has 1 unspecified atom stereocenters. The molecule has 2 aromatic rings. The number of thiazole rings is 1. The maximum Gasteiger partial charge on any atom is 0.0794 e. The van der Waals surface area contributed by atoms with Crippen LogP contribution in [0.1, 0.15) is 22.7 Å². The molecular formula is C11H13BrN2S2. The molecule has 0 aromatic carbocycles. The fourth-order valence-electron chi connectivity index (χ4n) is 1.58. The highest BCUT2D eigenvalue weighted by Gasteiger charge is 2.13. The lowest BCUT2D eigenvalue weighted by molar-refractivity contribution is 0.561. The molecule has 16 heavy (non-hydrogen) atoms. The van der Waals surface area contributed by atoms with Gasteiger partial charge in [0, 0.05) is 28.4 Å². The Morgan fingerprint density at radius 1 is 1.50 bits per heavy atom. The number of aromatic nitrogens is 1. The lowest BCUT2D eigenvalue weighted by Crippen LogP contribution is -2.21. The Kier molecular flexibility index (Phi) is 4.52. The molecule has 0 saturated heterocycles. The summed E-state index contributed by atoms with van der Waals surface area (Å²) in [5.41, 5.74) is 1.89. The molecule has 86 valence electrons. The van der Waals surface area contributed by atoms with Crippen LogP contribution in [0, 0.1) is 0 Å². The van der Waals surface area contributed by atoms with Crippen molar-refractivity contribution >= 4 is 38.6 Å². The summed E-state index contributed by atoms with van der Waals surface area (Å²) in [6.07, 6.45) is 2.99. The number of thiophene rings is 1. The number of nitrogens with one attached hydrogen (secondary N) is 1. The molecule has 0 aliphatic rings.